The lowest BCUT2D eigenvalue weighted by atomic mass is 10.1. The molecule has 1 heterocycles. The summed E-state index contributed by atoms with van der Waals surface area (Å²) in [6.07, 6.45) is -4.40. The first-order valence-electron chi connectivity index (χ1n) is 5.14. The minimum Gasteiger partial charge on any atom is -0.382 e. The van der Waals surface area contributed by atoms with Gasteiger partial charge in [-0.1, -0.05) is 0 Å². The van der Waals surface area contributed by atoms with Crippen LogP contribution in [0.25, 0.3) is 0 Å². The summed E-state index contributed by atoms with van der Waals surface area (Å²) < 4.78 is 37.5. The molecule has 0 radical (unpaired) electrons. The Hall–Kier alpha value is -1.72. The molecule has 0 aliphatic carbocycles. The van der Waals surface area contributed by atoms with E-state index in [1.54, 1.807) is 6.92 Å². The predicted octanol–water partition coefficient (Wildman–Crippen LogP) is 2.25. The second-order valence-electron chi connectivity index (χ2n) is 4.01. The van der Waals surface area contributed by atoms with Crippen LogP contribution in [0.4, 0.5) is 18.9 Å². The maximum atomic E-state index is 12.5. The van der Waals surface area contributed by atoms with Crippen LogP contribution in [0.3, 0.4) is 0 Å². The van der Waals surface area contributed by atoms with Crippen molar-refractivity contribution in [2.45, 2.75) is 19.1 Å². The number of hydrogen-bond donors (Lipinski definition) is 2. The Bertz CT molecular complexity index is 457. The standard InChI is InChI=1S/C11H11F3N2O/c1-6-5-15-9-4-7(11(12,13)14)2-3-8(9)10(17)16-6/h2-4,6,15H,5H2,1H3,(H,16,17). The number of anilines is 1. The lowest BCUT2D eigenvalue weighted by Crippen LogP contribution is -2.34. The molecule has 0 bridgehead atoms. The van der Waals surface area contributed by atoms with Gasteiger partial charge in [0.05, 0.1) is 11.1 Å². The molecule has 17 heavy (non-hydrogen) atoms. The van der Waals surface area contributed by atoms with Crippen LogP contribution in [-0.4, -0.2) is 18.5 Å². The molecule has 2 N–H and O–H groups in total. The van der Waals surface area contributed by atoms with Crippen LogP contribution in [0, 0.1) is 0 Å². The average molecular weight is 244 g/mol. The fraction of sp³-hybridized carbons (Fsp3) is 0.364. The van der Waals surface area contributed by atoms with Crippen LogP contribution < -0.4 is 10.6 Å². The second-order valence-corrected chi connectivity index (χ2v) is 4.01. The quantitative estimate of drug-likeness (QED) is 0.735. The van der Waals surface area contributed by atoms with Gasteiger partial charge < -0.3 is 10.6 Å². The van der Waals surface area contributed by atoms with E-state index >= 15 is 0 Å². The van der Waals surface area contributed by atoms with Gasteiger partial charge in [0.1, 0.15) is 0 Å². The number of benzene rings is 1. The molecular weight excluding hydrogens is 233 g/mol. The third-order valence-corrected chi connectivity index (χ3v) is 2.57. The summed E-state index contributed by atoms with van der Waals surface area (Å²) in [6, 6.07) is 2.95. The molecule has 1 unspecified atom stereocenters. The molecule has 0 saturated carbocycles. The summed E-state index contributed by atoms with van der Waals surface area (Å²) in [7, 11) is 0. The minimum atomic E-state index is -4.40. The Morgan fingerprint density at radius 2 is 2.06 bits per heavy atom. The third kappa shape index (κ3) is 2.35. The number of hydrogen-bond acceptors (Lipinski definition) is 2. The summed E-state index contributed by atoms with van der Waals surface area (Å²) >= 11 is 0. The van der Waals surface area contributed by atoms with Gasteiger partial charge in [0.15, 0.2) is 0 Å². The van der Waals surface area contributed by atoms with E-state index in [0.29, 0.717) is 6.54 Å². The van der Waals surface area contributed by atoms with Gasteiger partial charge in [0, 0.05) is 18.3 Å². The molecule has 0 saturated heterocycles. The van der Waals surface area contributed by atoms with E-state index in [9.17, 15) is 18.0 Å². The normalized spacial score (nSPS) is 20.0. The van der Waals surface area contributed by atoms with Crippen molar-refractivity contribution < 1.29 is 18.0 Å². The topological polar surface area (TPSA) is 41.1 Å². The van der Waals surface area contributed by atoms with Gasteiger partial charge >= 0.3 is 6.18 Å². The molecule has 1 aromatic carbocycles. The number of fused-ring (bicyclic) bond motifs is 1. The summed E-state index contributed by atoms with van der Waals surface area (Å²) in [4.78, 5) is 11.6. The first-order valence-corrected chi connectivity index (χ1v) is 5.14. The maximum absolute atomic E-state index is 12.5. The highest BCUT2D eigenvalue weighted by atomic mass is 19.4. The van der Waals surface area contributed by atoms with Crippen LogP contribution in [-0.2, 0) is 6.18 Å². The van der Waals surface area contributed by atoms with Gasteiger partial charge in [-0.3, -0.25) is 4.79 Å². The molecule has 1 aromatic rings. The van der Waals surface area contributed by atoms with Crippen LogP contribution in [0.5, 0.6) is 0 Å². The molecule has 0 fully saturated rings. The highest BCUT2D eigenvalue weighted by Gasteiger charge is 2.32. The molecule has 0 spiro atoms. The van der Waals surface area contributed by atoms with E-state index in [4.69, 9.17) is 0 Å². The zero-order chi connectivity index (χ0) is 12.6. The average Bonchev–Trinajstić information content (AvgIpc) is 2.37. The molecule has 1 aliphatic rings. The zero-order valence-corrected chi connectivity index (χ0v) is 9.06. The third-order valence-electron chi connectivity index (χ3n) is 2.57. The molecule has 1 amide bonds. The minimum absolute atomic E-state index is 0.121. The van der Waals surface area contributed by atoms with Gasteiger partial charge in [-0.2, -0.15) is 13.2 Å². The van der Waals surface area contributed by atoms with Crippen LogP contribution in [0.15, 0.2) is 18.2 Å². The van der Waals surface area contributed by atoms with Gasteiger partial charge in [0.25, 0.3) is 5.91 Å². The summed E-state index contributed by atoms with van der Waals surface area (Å²) in [6.45, 7) is 2.18. The van der Waals surface area contributed by atoms with Crippen LogP contribution >= 0.6 is 0 Å². The Labute approximate surface area is 96.0 Å². The van der Waals surface area contributed by atoms with E-state index in [-0.39, 0.29) is 23.2 Å². The molecule has 92 valence electrons. The number of nitrogens with one attached hydrogen (secondary N) is 2. The summed E-state index contributed by atoms with van der Waals surface area (Å²) in [5.41, 5.74) is -0.296. The number of rotatable bonds is 0. The first kappa shape index (κ1) is 11.8. The zero-order valence-electron chi connectivity index (χ0n) is 9.06. The van der Waals surface area contributed by atoms with Crippen LogP contribution in [0.1, 0.15) is 22.8 Å². The molecule has 1 atom stereocenters. The number of carbonyl (C=O) groups is 1. The number of halogens is 3. The Morgan fingerprint density at radius 3 is 2.71 bits per heavy atom. The molecular formula is C11H11F3N2O. The lowest BCUT2D eigenvalue weighted by molar-refractivity contribution is -0.137. The molecule has 6 heteroatoms. The van der Waals surface area contributed by atoms with Crippen molar-refractivity contribution in [3.8, 4) is 0 Å². The lowest BCUT2D eigenvalue weighted by Gasteiger charge is -2.11. The van der Waals surface area contributed by atoms with Gasteiger partial charge in [-0.05, 0) is 25.1 Å². The largest absolute Gasteiger partial charge is 0.416 e. The number of carbonyl (C=O) groups excluding carboxylic acids is 1. The van der Waals surface area contributed by atoms with Gasteiger partial charge in [-0.25, -0.2) is 0 Å². The van der Waals surface area contributed by atoms with Crippen molar-refractivity contribution in [1.29, 1.82) is 0 Å². The van der Waals surface area contributed by atoms with E-state index in [1.807, 2.05) is 0 Å². The van der Waals surface area contributed by atoms with Gasteiger partial charge in [0.2, 0.25) is 0 Å². The van der Waals surface area contributed by atoms with Crippen molar-refractivity contribution >= 4 is 11.6 Å². The summed E-state index contributed by atoms with van der Waals surface area (Å²) in [5, 5.41) is 5.51. The SMILES string of the molecule is CC1CNc2cc(C(F)(F)F)ccc2C(=O)N1. The predicted molar refractivity (Wildman–Crippen MR) is 56.9 cm³/mol. The molecule has 2 rings (SSSR count). The van der Waals surface area contributed by atoms with Crippen molar-refractivity contribution in [2.24, 2.45) is 0 Å². The smallest absolute Gasteiger partial charge is 0.382 e. The van der Waals surface area contributed by atoms with Crippen LogP contribution in [0.2, 0.25) is 0 Å². The van der Waals surface area contributed by atoms with Crippen molar-refractivity contribution in [2.75, 3.05) is 11.9 Å². The Balaban J connectivity index is 2.43. The van der Waals surface area contributed by atoms with E-state index in [2.05, 4.69) is 10.6 Å². The van der Waals surface area contributed by atoms with Crippen molar-refractivity contribution in [1.82, 2.24) is 5.32 Å². The molecule has 3 nitrogen and oxygen atoms in total. The fourth-order valence-electron chi connectivity index (χ4n) is 1.68. The van der Waals surface area contributed by atoms with Gasteiger partial charge in [-0.15, -0.1) is 0 Å². The highest BCUT2D eigenvalue weighted by Crippen LogP contribution is 2.32. The maximum Gasteiger partial charge on any atom is 0.416 e. The summed E-state index contributed by atoms with van der Waals surface area (Å²) in [5.74, 6) is -0.355. The Kier molecular flexibility index (Phi) is 2.73. The number of amides is 1. The first-order chi connectivity index (χ1) is 7.88. The molecule has 1 aliphatic heterocycles. The van der Waals surface area contributed by atoms with E-state index < -0.39 is 11.7 Å². The fourth-order valence-corrected chi connectivity index (χ4v) is 1.68. The van der Waals surface area contributed by atoms with E-state index in [1.165, 1.54) is 6.07 Å². The van der Waals surface area contributed by atoms with E-state index in [0.717, 1.165) is 12.1 Å². The highest BCUT2D eigenvalue weighted by molar-refractivity contribution is 6.00. The number of alkyl halides is 3. The molecule has 0 aromatic heterocycles. The van der Waals surface area contributed by atoms with Crippen molar-refractivity contribution in [3.63, 3.8) is 0 Å². The second kappa shape index (κ2) is 3.94. The Morgan fingerprint density at radius 1 is 1.35 bits per heavy atom. The van der Waals surface area contributed by atoms with Crippen molar-refractivity contribution in [3.05, 3.63) is 29.3 Å². The monoisotopic (exact) mass is 244 g/mol.